The van der Waals surface area contributed by atoms with Crippen LogP contribution in [0.1, 0.15) is 72.1 Å². The monoisotopic (exact) mass is 280 g/mol. The molecule has 116 valence electrons. The predicted octanol–water partition coefficient (Wildman–Crippen LogP) is 3.32. The molecular formula is C17H32N2O. The second kappa shape index (κ2) is 6.46. The number of amides is 1. The van der Waals surface area contributed by atoms with Gasteiger partial charge in [-0.15, -0.1) is 0 Å². The van der Waals surface area contributed by atoms with Crippen LogP contribution >= 0.6 is 0 Å². The van der Waals surface area contributed by atoms with Gasteiger partial charge in [0.2, 0.25) is 5.91 Å². The van der Waals surface area contributed by atoms with Crippen LogP contribution in [0.5, 0.6) is 0 Å². The topological polar surface area (TPSA) is 46.3 Å². The van der Waals surface area contributed by atoms with E-state index >= 15 is 0 Å². The molecule has 0 aromatic heterocycles. The average Bonchev–Trinajstić information content (AvgIpc) is 2.86. The standard InChI is InChI=1S/C17H32N2O/c1-13(2)11-17(9-4-5-10-17)16(20)19-14(3)7-6-8-15(19)12-18/h13-15H,4-12,18H2,1-3H3. The molecule has 1 saturated heterocycles. The Morgan fingerprint density at radius 1 is 1.25 bits per heavy atom. The van der Waals surface area contributed by atoms with Gasteiger partial charge in [-0.3, -0.25) is 4.79 Å². The summed E-state index contributed by atoms with van der Waals surface area (Å²) in [5.74, 6) is 1.01. The lowest BCUT2D eigenvalue weighted by atomic mass is 9.76. The summed E-state index contributed by atoms with van der Waals surface area (Å²) in [5, 5.41) is 0. The van der Waals surface area contributed by atoms with Gasteiger partial charge in [0.15, 0.2) is 0 Å². The van der Waals surface area contributed by atoms with Gasteiger partial charge in [0.05, 0.1) is 0 Å². The third kappa shape index (κ3) is 3.03. The highest BCUT2D eigenvalue weighted by atomic mass is 16.2. The second-order valence-corrected chi connectivity index (χ2v) is 7.47. The van der Waals surface area contributed by atoms with E-state index in [0.717, 1.165) is 32.1 Å². The molecule has 0 bridgehead atoms. The first-order chi connectivity index (χ1) is 9.50. The third-order valence-corrected chi connectivity index (χ3v) is 5.35. The number of rotatable bonds is 4. The summed E-state index contributed by atoms with van der Waals surface area (Å²) in [6.07, 6.45) is 9.09. The highest BCUT2D eigenvalue weighted by molar-refractivity contribution is 5.83. The van der Waals surface area contributed by atoms with Crippen molar-refractivity contribution < 1.29 is 4.79 Å². The fourth-order valence-corrected chi connectivity index (χ4v) is 4.50. The maximum absolute atomic E-state index is 13.3. The summed E-state index contributed by atoms with van der Waals surface area (Å²) in [7, 11) is 0. The van der Waals surface area contributed by atoms with Gasteiger partial charge in [0.1, 0.15) is 0 Å². The zero-order valence-electron chi connectivity index (χ0n) is 13.5. The molecule has 1 saturated carbocycles. The molecule has 0 aromatic carbocycles. The highest BCUT2D eigenvalue weighted by Crippen LogP contribution is 2.46. The van der Waals surface area contributed by atoms with E-state index < -0.39 is 0 Å². The van der Waals surface area contributed by atoms with Crippen LogP contribution in [0.4, 0.5) is 0 Å². The number of nitrogens with zero attached hydrogens (tertiary/aromatic N) is 1. The van der Waals surface area contributed by atoms with Crippen LogP contribution in [0.3, 0.4) is 0 Å². The van der Waals surface area contributed by atoms with E-state index in [4.69, 9.17) is 5.73 Å². The zero-order chi connectivity index (χ0) is 14.8. The fourth-order valence-electron chi connectivity index (χ4n) is 4.50. The van der Waals surface area contributed by atoms with Crippen LogP contribution in [0.15, 0.2) is 0 Å². The van der Waals surface area contributed by atoms with Crippen molar-refractivity contribution in [3.8, 4) is 0 Å². The quantitative estimate of drug-likeness (QED) is 0.858. The van der Waals surface area contributed by atoms with Crippen LogP contribution in [0, 0.1) is 11.3 Å². The first-order valence-corrected chi connectivity index (χ1v) is 8.53. The largest absolute Gasteiger partial charge is 0.335 e. The maximum atomic E-state index is 13.3. The predicted molar refractivity (Wildman–Crippen MR) is 83.4 cm³/mol. The van der Waals surface area contributed by atoms with Gasteiger partial charge in [-0.25, -0.2) is 0 Å². The summed E-state index contributed by atoms with van der Waals surface area (Å²) in [6.45, 7) is 7.31. The van der Waals surface area contributed by atoms with Crippen molar-refractivity contribution >= 4 is 5.91 Å². The molecule has 3 heteroatoms. The summed E-state index contributed by atoms with van der Waals surface area (Å²) in [6, 6.07) is 0.644. The van der Waals surface area contributed by atoms with Crippen LogP contribution in [0.2, 0.25) is 0 Å². The molecule has 2 N–H and O–H groups in total. The van der Waals surface area contributed by atoms with Gasteiger partial charge in [0, 0.05) is 24.0 Å². The molecule has 1 amide bonds. The smallest absolute Gasteiger partial charge is 0.229 e. The Balaban J connectivity index is 2.21. The molecule has 2 aliphatic rings. The van der Waals surface area contributed by atoms with Crippen molar-refractivity contribution in [2.75, 3.05) is 6.54 Å². The Kier molecular flexibility index (Phi) is 5.11. The van der Waals surface area contributed by atoms with E-state index in [-0.39, 0.29) is 11.5 Å². The number of likely N-dealkylation sites (tertiary alicyclic amines) is 1. The van der Waals surface area contributed by atoms with Gasteiger partial charge < -0.3 is 10.6 Å². The minimum Gasteiger partial charge on any atom is -0.335 e. The summed E-state index contributed by atoms with van der Waals surface area (Å²) in [5.41, 5.74) is 5.87. The van der Waals surface area contributed by atoms with Gasteiger partial charge >= 0.3 is 0 Å². The molecule has 2 unspecified atom stereocenters. The molecule has 3 nitrogen and oxygen atoms in total. The Morgan fingerprint density at radius 3 is 2.45 bits per heavy atom. The Morgan fingerprint density at radius 2 is 1.90 bits per heavy atom. The van der Waals surface area contributed by atoms with Crippen molar-refractivity contribution in [1.29, 1.82) is 0 Å². The molecule has 2 fully saturated rings. The van der Waals surface area contributed by atoms with Crippen LogP contribution < -0.4 is 5.73 Å². The van der Waals surface area contributed by atoms with Crippen LogP contribution in [-0.4, -0.2) is 29.4 Å². The van der Waals surface area contributed by atoms with Gasteiger partial charge in [-0.1, -0.05) is 26.7 Å². The molecule has 1 aliphatic carbocycles. The maximum Gasteiger partial charge on any atom is 0.229 e. The van der Waals surface area contributed by atoms with Gasteiger partial charge in [-0.05, 0) is 51.4 Å². The normalized spacial score (nSPS) is 29.9. The molecule has 2 rings (SSSR count). The van der Waals surface area contributed by atoms with Crippen molar-refractivity contribution in [2.24, 2.45) is 17.1 Å². The minimum atomic E-state index is -0.0762. The molecular weight excluding hydrogens is 248 g/mol. The SMILES string of the molecule is CC(C)CC1(C(=O)N2C(C)CCCC2CN)CCCC1. The van der Waals surface area contributed by atoms with Gasteiger partial charge in [0.25, 0.3) is 0 Å². The second-order valence-electron chi connectivity index (χ2n) is 7.47. The number of hydrogen-bond acceptors (Lipinski definition) is 2. The summed E-state index contributed by atoms with van der Waals surface area (Å²) >= 11 is 0. The number of nitrogens with two attached hydrogens (primary N) is 1. The molecule has 2 atom stereocenters. The highest BCUT2D eigenvalue weighted by Gasteiger charge is 2.46. The summed E-state index contributed by atoms with van der Waals surface area (Å²) in [4.78, 5) is 15.5. The number of hydrogen-bond donors (Lipinski definition) is 1. The van der Waals surface area contributed by atoms with Crippen molar-refractivity contribution in [1.82, 2.24) is 4.90 Å². The lowest BCUT2D eigenvalue weighted by Gasteiger charge is -2.45. The molecule has 0 radical (unpaired) electrons. The Bertz CT molecular complexity index is 334. The summed E-state index contributed by atoms with van der Waals surface area (Å²) < 4.78 is 0. The van der Waals surface area contributed by atoms with E-state index in [1.807, 2.05) is 0 Å². The van der Waals surface area contributed by atoms with Crippen molar-refractivity contribution in [3.63, 3.8) is 0 Å². The van der Waals surface area contributed by atoms with Gasteiger partial charge in [-0.2, -0.15) is 0 Å². The lowest BCUT2D eigenvalue weighted by Crippen LogP contribution is -2.56. The van der Waals surface area contributed by atoms with E-state index in [1.54, 1.807) is 0 Å². The molecule has 20 heavy (non-hydrogen) atoms. The molecule has 0 spiro atoms. The fraction of sp³-hybridized carbons (Fsp3) is 0.941. The molecule has 1 aliphatic heterocycles. The van der Waals surface area contributed by atoms with E-state index in [1.165, 1.54) is 19.3 Å². The van der Waals surface area contributed by atoms with E-state index in [2.05, 4.69) is 25.7 Å². The molecule has 1 heterocycles. The van der Waals surface area contributed by atoms with Crippen LogP contribution in [-0.2, 0) is 4.79 Å². The van der Waals surface area contributed by atoms with E-state index in [9.17, 15) is 4.79 Å². The first kappa shape index (κ1) is 15.8. The Labute approximate surface area is 124 Å². The van der Waals surface area contributed by atoms with Crippen molar-refractivity contribution in [3.05, 3.63) is 0 Å². The average molecular weight is 280 g/mol. The number of piperidine rings is 1. The zero-order valence-corrected chi connectivity index (χ0v) is 13.5. The number of carbonyl (C=O) groups is 1. The van der Waals surface area contributed by atoms with E-state index in [0.29, 0.717) is 24.4 Å². The lowest BCUT2D eigenvalue weighted by molar-refractivity contribution is -0.149. The molecule has 0 aromatic rings. The number of carbonyl (C=O) groups excluding carboxylic acids is 1. The third-order valence-electron chi connectivity index (χ3n) is 5.35. The minimum absolute atomic E-state index is 0.0762. The van der Waals surface area contributed by atoms with Crippen LogP contribution in [0.25, 0.3) is 0 Å². The van der Waals surface area contributed by atoms with Crippen molar-refractivity contribution in [2.45, 2.75) is 84.2 Å². The Hall–Kier alpha value is -0.570. The first-order valence-electron chi connectivity index (χ1n) is 8.53.